The highest BCUT2D eigenvalue weighted by Gasteiger charge is 2.35. The molecule has 10 nitrogen and oxygen atoms in total. The third-order valence-electron chi connectivity index (χ3n) is 6.63. The van der Waals surface area contributed by atoms with E-state index in [4.69, 9.17) is 28.1 Å². The van der Waals surface area contributed by atoms with Gasteiger partial charge < -0.3 is 28.1 Å². The predicted molar refractivity (Wildman–Crippen MR) is 167 cm³/mol. The summed E-state index contributed by atoms with van der Waals surface area (Å²) in [5.41, 5.74) is -0.0715. The maximum Gasteiger partial charge on any atom is 0.205 e. The Balaban J connectivity index is 2.47. The summed E-state index contributed by atoms with van der Waals surface area (Å²) >= 11 is 0. The molecule has 0 N–H and O–H groups in total. The Labute approximate surface area is 257 Å². The number of rotatable bonds is 17. The molecule has 0 heterocycles. The molecule has 0 amide bonds. The highest BCUT2D eigenvalue weighted by Crippen LogP contribution is 2.40. The number of carbonyl (C=O) groups excluding carboxylic acids is 2. The van der Waals surface area contributed by atoms with E-state index in [0.29, 0.717) is 23.7 Å². The lowest BCUT2D eigenvalue weighted by Gasteiger charge is -2.32. The summed E-state index contributed by atoms with van der Waals surface area (Å²) in [6.07, 6.45) is -0.245. The van der Waals surface area contributed by atoms with E-state index in [1.807, 2.05) is 40.8 Å². The highest BCUT2D eigenvalue weighted by molar-refractivity contribution is 7.91. The molecule has 0 aliphatic rings. The normalized spacial score (nSPS) is 12.5. The summed E-state index contributed by atoms with van der Waals surface area (Å²) in [5.74, 6) is 0.115. The van der Waals surface area contributed by atoms with Crippen molar-refractivity contribution < 1.29 is 46.1 Å². The van der Waals surface area contributed by atoms with Crippen molar-refractivity contribution in [3.63, 3.8) is 0 Å². The lowest BCUT2D eigenvalue weighted by atomic mass is 9.90. The molecule has 0 spiro atoms. The Bertz CT molecular complexity index is 1350. The maximum atomic E-state index is 13.9. The van der Waals surface area contributed by atoms with Gasteiger partial charge in [-0.2, -0.15) is 0 Å². The average molecular weight is 638 g/mol. The van der Waals surface area contributed by atoms with E-state index in [2.05, 4.69) is 0 Å². The quantitative estimate of drug-likeness (QED) is 0.155. The number of ketones is 2. The van der Waals surface area contributed by atoms with E-state index in [9.17, 15) is 18.0 Å². The van der Waals surface area contributed by atoms with Crippen molar-refractivity contribution in [2.75, 3.05) is 40.8 Å². The molecule has 0 aromatic heterocycles. The van der Waals surface area contributed by atoms with Crippen LogP contribution in [0.5, 0.6) is 28.7 Å². The van der Waals surface area contributed by atoms with Gasteiger partial charge in [-0.15, -0.1) is 0 Å². The smallest absolute Gasteiger partial charge is 0.205 e. The highest BCUT2D eigenvalue weighted by atomic mass is 32.2. The lowest BCUT2D eigenvalue weighted by Crippen LogP contribution is -2.39. The predicted octanol–water partition coefficient (Wildman–Crippen LogP) is 5.81. The first kappa shape index (κ1) is 36.1. The molecular formula is C31H45O10SSi. The molecule has 0 bridgehead atoms. The van der Waals surface area contributed by atoms with Crippen molar-refractivity contribution in [2.45, 2.75) is 71.1 Å². The van der Waals surface area contributed by atoms with E-state index in [1.165, 1.54) is 52.7 Å². The fourth-order valence-electron chi connectivity index (χ4n) is 4.26. The second kappa shape index (κ2) is 15.6. The van der Waals surface area contributed by atoms with Gasteiger partial charge in [0, 0.05) is 24.0 Å². The second-order valence-electron chi connectivity index (χ2n) is 11.3. The van der Waals surface area contributed by atoms with E-state index >= 15 is 0 Å². The molecule has 0 saturated carbocycles. The molecule has 1 unspecified atom stereocenters. The van der Waals surface area contributed by atoms with Gasteiger partial charge in [0.25, 0.3) is 0 Å². The fourth-order valence-corrected chi connectivity index (χ4v) is 7.28. The Morgan fingerprint density at radius 2 is 1.26 bits per heavy atom. The van der Waals surface area contributed by atoms with Crippen molar-refractivity contribution >= 4 is 30.4 Å². The Morgan fingerprint density at radius 1 is 0.791 bits per heavy atom. The zero-order chi connectivity index (χ0) is 32.5. The molecule has 0 saturated heterocycles. The zero-order valence-electron chi connectivity index (χ0n) is 26.9. The molecule has 0 fully saturated rings. The number of carbonyl (C=O) groups is 2. The maximum absolute atomic E-state index is 13.9. The van der Waals surface area contributed by atoms with E-state index in [1.54, 1.807) is 0 Å². The van der Waals surface area contributed by atoms with E-state index < -0.39 is 36.2 Å². The molecule has 1 atom stereocenters. The van der Waals surface area contributed by atoms with Crippen LogP contribution in [0.15, 0.2) is 29.2 Å². The minimum absolute atomic E-state index is 0.0561. The van der Waals surface area contributed by atoms with Gasteiger partial charge in [0.1, 0.15) is 4.90 Å². The Kier molecular flexibility index (Phi) is 13.1. The van der Waals surface area contributed by atoms with Crippen LogP contribution in [0.2, 0.25) is 13.1 Å². The zero-order valence-corrected chi connectivity index (χ0v) is 28.7. The van der Waals surface area contributed by atoms with Crippen LogP contribution in [0.3, 0.4) is 0 Å². The molecule has 0 aliphatic carbocycles. The first-order valence-corrected chi connectivity index (χ1v) is 18.1. The van der Waals surface area contributed by atoms with Crippen molar-refractivity contribution in [2.24, 2.45) is 5.41 Å². The number of Topliss-reactive ketones (excluding diaryl/α,β-unsaturated/α-hetero) is 2. The van der Waals surface area contributed by atoms with Gasteiger partial charge >= 0.3 is 0 Å². The third kappa shape index (κ3) is 9.44. The van der Waals surface area contributed by atoms with Gasteiger partial charge in [-0.05, 0) is 49.2 Å². The van der Waals surface area contributed by atoms with E-state index in [-0.39, 0.29) is 58.5 Å². The molecule has 2 aromatic rings. The van der Waals surface area contributed by atoms with Gasteiger partial charge in [0.05, 0.1) is 46.9 Å². The Morgan fingerprint density at radius 3 is 1.65 bits per heavy atom. The van der Waals surface area contributed by atoms with Crippen molar-refractivity contribution in [1.29, 1.82) is 0 Å². The molecular weight excluding hydrogens is 592 g/mol. The molecule has 2 aromatic carbocycles. The summed E-state index contributed by atoms with van der Waals surface area (Å²) in [6.45, 7) is 11.8. The minimum Gasteiger partial charge on any atom is -0.493 e. The van der Waals surface area contributed by atoms with Crippen LogP contribution in [0.1, 0.15) is 67.7 Å². The van der Waals surface area contributed by atoms with Crippen LogP contribution < -0.4 is 23.7 Å². The van der Waals surface area contributed by atoms with Crippen LogP contribution in [0, 0.1) is 5.41 Å². The largest absolute Gasteiger partial charge is 0.493 e. The van der Waals surface area contributed by atoms with Gasteiger partial charge in [-0.25, -0.2) is 8.42 Å². The molecule has 2 rings (SSSR count). The lowest BCUT2D eigenvalue weighted by molar-refractivity contribution is 0.0916. The van der Waals surface area contributed by atoms with Gasteiger partial charge in [-0.3, -0.25) is 9.59 Å². The number of hydrogen-bond acceptors (Lipinski definition) is 10. The van der Waals surface area contributed by atoms with Crippen LogP contribution in [-0.4, -0.2) is 75.9 Å². The summed E-state index contributed by atoms with van der Waals surface area (Å²) in [5, 5.41) is 0. The average Bonchev–Trinajstić information content (AvgIpc) is 2.95. The van der Waals surface area contributed by atoms with Crippen molar-refractivity contribution in [1.82, 2.24) is 0 Å². The minimum atomic E-state index is -4.01. The molecule has 1 radical (unpaired) electrons. The number of methoxy groups -OCH3 is 4. The third-order valence-corrected chi connectivity index (χ3v) is 9.10. The van der Waals surface area contributed by atoms with Gasteiger partial charge in [-0.1, -0.05) is 27.7 Å². The van der Waals surface area contributed by atoms with Crippen molar-refractivity contribution in [3.05, 3.63) is 35.4 Å². The number of ether oxygens (including phenoxy) is 5. The topological polar surface area (TPSA) is 124 Å². The summed E-state index contributed by atoms with van der Waals surface area (Å²) in [4.78, 5) is 26.3. The second-order valence-corrected chi connectivity index (χ2v) is 15.3. The molecule has 0 aliphatic heterocycles. The van der Waals surface area contributed by atoms with Crippen LogP contribution >= 0.6 is 0 Å². The first-order valence-electron chi connectivity index (χ1n) is 14.0. The van der Waals surface area contributed by atoms with Gasteiger partial charge in [0.15, 0.2) is 44.4 Å². The SMILES string of the molecule is CCCOc1c(OC)cc(C(=O)CCC(=O)c2cc(OC)c(OC)c(OC)c2)cc1S(=O)(=O)CC(O[Si](C)C)C(C)(C)C. The van der Waals surface area contributed by atoms with Crippen LogP contribution in [0.4, 0.5) is 0 Å². The molecule has 12 heteroatoms. The summed E-state index contributed by atoms with van der Waals surface area (Å²) in [7, 11) is 0.527. The van der Waals surface area contributed by atoms with Gasteiger partial charge in [0.2, 0.25) is 14.8 Å². The number of sulfone groups is 1. The standard InChI is InChI=1S/C31H45O10SSi/c1-11-14-40-30-26(38-7)17-21(18-27(30)42(34,35)19-28(31(2,3)4)41-43(9)10)23(33)13-12-22(32)20-15-24(36-5)29(39-8)25(16-20)37-6/h15-18,28H,11-14,19H2,1-10H3. The first-order chi connectivity index (χ1) is 20.1. The Hall–Kier alpha value is -3.09. The number of hydrogen-bond donors (Lipinski definition) is 0. The summed E-state index contributed by atoms with van der Waals surface area (Å²) in [6, 6.07) is 5.81. The molecule has 239 valence electrons. The summed E-state index contributed by atoms with van der Waals surface area (Å²) < 4.78 is 61.3. The van der Waals surface area contributed by atoms with E-state index in [0.717, 1.165) is 0 Å². The van der Waals surface area contributed by atoms with Crippen molar-refractivity contribution in [3.8, 4) is 28.7 Å². The number of benzene rings is 2. The molecule has 43 heavy (non-hydrogen) atoms. The monoisotopic (exact) mass is 637 g/mol. The van der Waals surface area contributed by atoms with Crippen LogP contribution in [0.25, 0.3) is 0 Å². The fraction of sp³-hybridized carbons (Fsp3) is 0.548. The van der Waals surface area contributed by atoms with Crippen LogP contribution in [-0.2, 0) is 14.3 Å².